The summed E-state index contributed by atoms with van der Waals surface area (Å²) in [7, 11) is 0. The number of carbonyl (C=O) groups excluding carboxylic acids is 1. The average Bonchev–Trinajstić information content (AvgIpc) is 3.11. The van der Waals surface area contributed by atoms with Crippen LogP contribution in [0.1, 0.15) is 23.2 Å². The Bertz CT molecular complexity index is 505. The van der Waals surface area contributed by atoms with Crippen LogP contribution < -0.4 is 0 Å². The number of terminal acetylenes is 1. The summed E-state index contributed by atoms with van der Waals surface area (Å²) in [5, 5.41) is 0.273. The van der Waals surface area contributed by atoms with Crippen molar-refractivity contribution < 1.29 is 9.18 Å². The summed E-state index contributed by atoms with van der Waals surface area (Å²) < 4.78 is 13.7. The summed E-state index contributed by atoms with van der Waals surface area (Å²) in [6, 6.07) is 4.04. The molecule has 0 spiro atoms. The number of amides is 1. The maximum absolute atomic E-state index is 13.7. The van der Waals surface area contributed by atoms with Crippen LogP contribution >= 0.6 is 11.6 Å². The molecule has 0 radical (unpaired) electrons. The lowest BCUT2D eigenvalue weighted by atomic mass is 10.1. The van der Waals surface area contributed by atoms with Crippen molar-refractivity contribution in [1.82, 2.24) is 4.90 Å². The maximum Gasteiger partial charge on any atom is 0.257 e. The van der Waals surface area contributed by atoms with Gasteiger partial charge in [0.15, 0.2) is 0 Å². The van der Waals surface area contributed by atoms with E-state index in [1.165, 1.54) is 17.0 Å². The van der Waals surface area contributed by atoms with Gasteiger partial charge in [0, 0.05) is 11.6 Å². The van der Waals surface area contributed by atoms with E-state index < -0.39 is 5.82 Å². The van der Waals surface area contributed by atoms with Crippen molar-refractivity contribution in [1.29, 1.82) is 0 Å². The van der Waals surface area contributed by atoms with Crippen LogP contribution in [0, 0.1) is 24.1 Å². The molecule has 0 N–H and O–H groups in total. The fourth-order valence-electron chi connectivity index (χ4n) is 1.77. The second-order valence-corrected chi connectivity index (χ2v) is 4.89. The minimum atomic E-state index is -0.606. The highest BCUT2D eigenvalue weighted by Crippen LogP contribution is 2.30. The Hall–Kier alpha value is -1.53. The molecule has 1 amide bonds. The van der Waals surface area contributed by atoms with Gasteiger partial charge in [0.25, 0.3) is 5.91 Å². The fourth-order valence-corrected chi connectivity index (χ4v) is 1.93. The van der Waals surface area contributed by atoms with Gasteiger partial charge in [-0.2, -0.15) is 0 Å². The first-order valence-corrected chi connectivity index (χ1v) is 6.17. The number of benzene rings is 1. The van der Waals surface area contributed by atoms with Crippen LogP contribution in [0.2, 0.25) is 5.02 Å². The second kappa shape index (κ2) is 5.41. The first-order chi connectivity index (χ1) is 8.61. The molecule has 0 aromatic heterocycles. The number of carbonyl (C=O) groups is 1. The number of rotatable bonds is 4. The highest BCUT2D eigenvalue weighted by molar-refractivity contribution is 6.30. The molecule has 1 aromatic rings. The predicted octanol–water partition coefficient (Wildman–Crippen LogP) is 2.96. The first kappa shape index (κ1) is 12.9. The van der Waals surface area contributed by atoms with Gasteiger partial charge in [0.05, 0.1) is 12.1 Å². The Morgan fingerprint density at radius 3 is 2.83 bits per heavy atom. The zero-order valence-corrected chi connectivity index (χ0v) is 10.6. The molecule has 94 valence electrons. The van der Waals surface area contributed by atoms with Crippen molar-refractivity contribution >= 4 is 17.5 Å². The van der Waals surface area contributed by atoms with Crippen molar-refractivity contribution in [3.05, 3.63) is 34.6 Å². The molecule has 2 rings (SSSR count). The fraction of sp³-hybridized carbons (Fsp3) is 0.357. The number of hydrogen-bond donors (Lipinski definition) is 0. The topological polar surface area (TPSA) is 20.3 Å². The largest absolute Gasteiger partial charge is 0.327 e. The highest BCUT2D eigenvalue weighted by Gasteiger charge is 2.27. The Labute approximate surface area is 111 Å². The second-order valence-electron chi connectivity index (χ2n) is 4.46. The van der Waals surface area contributed by atoms with Crippen LogP contribution in [0.3, 0.4) is 0 Å². The molecule has 1 aliphatic carbocycles. The SMILES string of the molecule is C#CCN(CC1CC1)C(=O)c1ccc(Cl)cc1F. The Balaban J connectivity index is 2.18. The van der Waals surface area contributed by atoms with Gasteiger partial charge in [0.2, 0.25) is 0 Å². The molecule has 1 saturated carbocycles. The Kier molecular flexibility index (Phi) is 3.88. The van der Waals surface area contributed by atoms with Crippen molar-refractivity contribution in [3.63, 3.8) is 0 Å². The van der Waals surface area contributed by atoms with Gasteiger partial charge >= 0.3 is 0 Å². The van der Waals surface area contributed by atoms with Crippen LogP contribution in [0.25, 0.3) is 0 Å². The first-order valence-electron chi connectivity index (χ1n) is 5.79. The predicted molar refractivity (Wildman–Crippen MR) is 68.9 cm³/mol. The van der Waals surface area contributed by atoms with E-state index in [0.717, 1.165) is 18.9 Å². The number of halogens is 2. The third-order valence-corrected chi connectivity index (χ3v) is 3.14. The minimum absolute atomic E-state index is 0.0234. The van der Waals surface area contributed by atoms with E-state index in [1.54, 1.807) is 0 Å². The van der Waals surface area contributed by atoms with E-state index in [4.69, 9.17) is 18.0 Å². The third kappa shape index (κ3) is 3.02. The van der Waals surface area contributed by atoms with Crippen LogP contribution in [-0.2, 0) is 0 Å². The van der Waals surface area contributed by atoms with Crippen LogP contribution in [0.15, 0.2) is 18.2 Å². The molecule has 0 bridgehead atoms. The summed E-state index contributed by atoms with van der Waals surface area (Å²) in [5.74, 6) is 1.98. The van der Waals surface area contributed by atoms with Gasteiger partial charge < -0.3 is 4.90 Å². The van der Waals surface area contributed by atoms with E-state index >= 15 is 0 Å². The normalized spacial score (nSPS) is 14.1. The van der Waals surface area contributed by atoms with Crippen LogP contribution in [0.5, 0.6) is 0 Å². The molecule has 1 aromatic carbocycles. The molecule has 0 atom stereocenters. The lowest BCUT2D eigenvalue weighted by molar-refractivity contribution is 0.0765. The monoisotopic (exact) mass is 265 g/mol. The molecule has 2 nitrogen and oxygen atoms in total. The zero-order chi connectivity index (χ0) is 13.1. The zero-order valence-electron chi connectivity index (χ0n) is 9.83. The molecule has 1 aliphatic rings. The third-order valence-electron chi connectivity index (χ3n) is 2.91. The molecule has 0 aliphatic heterocycles. The van der Waals surface area contributed by atoms with E-state index in [9.17, 15) is 9.18 Å². The minimum Gasteiger partial charge on any atom is -0.327 e. The molecule has 0 saturated heterocycles. The standard InChI is InChI=1S/C14H13ClFNO/c1-2-7-17(9-10-3-4-10)14(18)12-6-5-11(15)8-13(12)16/h1,5-6,8,10H,3-4,7,9H2. The highest BCUT2D eigenvalue weighted by atomic mass is 35.5. The summed E-state index contributed by atoms with van der Waals surface area (Å²) in [4.78, 5) is 13.7. The Morgan fingerprint density at radius 1 is 1.56 bits per heavy atom. The number of hydrogen-bond acceptors (Lipinski definition) is 1. The van der Waals surface area contributed by atoms with Gasteiger partial charge in [-0.15, -0.1) is 6.42 Å². The van der Waals surface area contributed by atoms with Crippen LogP contribution in [-0.4, -0.2) is 23.9 Å². The van der Waals surface area contributed by atoms with Gasteiger partial charge in [-0.25, -0.2) is 4.39 Å². The van der Waals surface area contributed by atoms with E-state index in [-0.39, 0.29) is 23.0 Å². The van der Waals surface area contributed by atoms with Gasteiger partial charge in [0.1, 0.15) is 5.82 Å². The molecule has 4 heteroatoms. The van der Waals surface area contributed by atoms with E-state index in [0.29, 0.717) is 12.5 Å². The smallest absolute Gasteiger partial charge is 0.257 e. The van der Waals surface area contributed by atoms with Gasteiger partial charge in [-0.1, -0.05) is 17.5 Å². The molecule has 1 fully saturated rings. The summed E-state index contributed by atoms with van der Waals surface area (Å²) in [5.41, 5.74) is 0.0234. The average molecular weight is 266 g/mol. The van der Waals surface area contributed by atoms with Crippen molar-refractivity contribution in [2.24, 2.45) is 5.92 Å². The molecular formula is C14H13ClFNO. The summed E-state index contributed by atoms with van der Waals surface area (Å²) in [6.45, 7) is 0.808. The summed E-state index contributed by atoms with van der Waals surface area (Å²) in [6.07, 6.45) is 7.46. The quantitative estimate of drug-likeness (QED) is 0.767. The van der Waals surface area contributed by atoms with E-state index in [1.807, 2.05) is 0 Å². The molecular weight excluding hydrogens is 253 g/mol. The Morgan fingerprint density at radius 2 is 2.28 bits per heavy atom. The van der Waals surface area contributed by atoms with Crippen molar-refractivity contribution in [2.45, 2.75) is 12.8 Å². The number of nitrogens with zero attached hydrogens (tertiary/aromatic N) is 1. The van der Waals surface area contributed by atoms with Gasteiger partial charge in [-0.05, 0) is 37.0 Å². The molecule has 0 heterocycles. The van der Waals surface area contributed by atoms with Crippen LogP contribution in [0.4, 0.5) is 4.39 Å². The van der Waals surface area contributed by atoms with Crippen molar-refractivity contribution in [2.75, 3.05) is 13.1 Å². The molecule has 0 unspecified atom stereocenters. The molecule has 18 heavy (non-hydrogen) atoms. The lowest BCUT2D eigenvalue weighted by Crippen LogP contribution is -2.33. The van der Waals surface area contributed by atoms with Gasteiger partial charge in [-0.3, -0.25) is 4.79 Å². The maximum atomic E-state index is 13.7. The lowest BCUT2D eigenvalue weighted by Gasteiger charge is -2.20. The van der Waals surface area contributed by atoms with Crippen molar-refractivity contribution in [3.8, 4) is 12.3 Å². The summed E-state index contributed by atoms with van der Waals surface area (Å²) >= 11 is 5.66. The van der Waals surface area contributed by atoms with E-state index in [2.05, 4.69) is 5.92 Å².